The van der Waals surface area contributed by atoms with Crippen LogP contribution in [0.25, 0.3) is 0 Å². The third kappa shape index (κ3) is 9.55. The molecule has 0 radical (unpaired) electrons. The fraction of sp³-hybridized carbons (Fsp3) is 0.562. The molecule has 2 rings (SSSR count). The summed E-state index contributed by atoms with van der Waals surface area (Å²) in [6.45, 7) is 18.5. The number of Topliss-reactive ketones (excluding diaryl/α,β-unsaturated/α-hetero) is 2. The zero-order chi connectivity index (χ0) is 27.9. The van der Waals surface area contributed by atoms with Gasteiger partial charge < -0.3 is 19.3 Å². The lowest BCUT2D eigenvalue weighted by Crippen LogP contribution is -2.36. The predicted molar refractivity (Wildman–Crippen MR) is 156 cm³/mol. The van der Waals surface area contributed by atoms with E-state index in [1.54, 1.807) is 0 Å². The van der Waals surface area contributed by atoms with Crippen molar-refractivity contribution in [3.05, 3.63) is 59.7 Å². The molecular weight excluding hydrogens is 476 g/mol. The topological polar surface area (TPSA) is 59.1 Å². The molecule has 0 N–H and O–H groups in total. The Hall–Kier alpha value is -2.70. The van der Waals surface area contributed by atoms with Gasteiger partial charge in [-0.3, -0.25) is 9.59 Å². The maximum Gasteiger partial charge on any atom is 0.167 e. The maximum absolute atomic E-state index is 13.7. The zero-order valence-electron chi connectivity index (χ0n) is 24.4. The van der Waals surface area contributed by atoms with Crippen molar-refractivity contribution in [1.82, 2.24) is 9.80 Å². The molecule has 6 heteroatoms. The molecule has 0 spiro atoms. The van der Waals surface area contributed by atoms with Crippen molar-refractivity contribution >= 4 is 11.6 Å². The number of nitrogens with zero attached hydrogens (tertiary/aromatic N) is 2. The van der Waals surface area contributed by atoms with Crippen LogP contribution in [0.4, 0.5) is 0 Å². The first kappa shape index (κ1) is 31.5. The van der Waals surface area contributed by atoms with E-state index in [9.17, 15) is 9.59 Å². The van der Waals surface area contributed by atoms with Crippen molar-refractivity contribution < 1.29 is 19.1 Å². The van der Waals surface area contributed by atoms with Gasteiger partial charge in [0, 0.05) is 36.1 Å². The summed E-state index contributed by atoms with van der Waals surface area (Å²) in [6.07, 6.45) is 1.33. The summed E-state index contributed by atoms with van der Waals surface area (Å²) in [6, 6.07) is 14.9. The number of benzene rings is 2. The summed E-state index contributed by atoms with van der Waals surface area (Å²) in [5.74, 6) is 1.44. The highest BCUT2D eigenvalue weighted by molar-refractivity contribution is 5.99. The molecule has 0 aromatic heterocycles. The molecule has 0 bridgehead atoms. The van der Waals surface area contributed by atoms with Gasteiger partial charge in [0.25, 0.3) is 0 Å². The second-order valence-electron chi connectivity index (χ2n) is 9.59. The van der Waals surface area contributed by atoms with Crippen molar-refractivity contribution in [2.24, 2.45) is 11.8 Å². The third-order valence-corrected chi connectivity index (χ3v) is 7.25. The van der Waals surface area contributed by atoms with E-state index in [2.05, 4.69) is 37.5 Å². The van der Waals surface area contributed by atoms with E-state index in [1.165, 1.54) is 0 Å². The van der Waals surface area contributed by atoms with Crippen LogP contribution in [0.3, 0.4) is 0 Å². The highest BCUT2D eigenvalue weighted by atomic mass is 16.5. The Morgan fingerprint density at radius 1 is 0.579 bits per heavy atom. The Balaban J connectivity index is 2.27. The standard InChI is InChI=1S/C32H48N2O4/c1-7-33(8-2)23-27(31(35)25-15-19-29(20-16-25)37-11-5)13-14-28(24-34(9-3)10-4)32(36)26-17-21-30(22-18-26)38-12-6/h15-22,27-28H,7-14,23-24H2,1-6H3/t27-,28-/m1/s1. The molecule has 210 valence electrons. The number of hydrogen-bond donors (Lipinski definition) is 0. The monoisotopic (exact) mass is 524 g/mol. The highest BCUT2D eigenvalue weighted by Gasteiger charge is 2.27. The molecular formula is C32H48N2O4. The van der Waals surface area contributed by atoms with Gasteiger partial charge in [-0.05, 0) is 101 Å². The Labute approximate surface area is 230 Å². The molecule has 0 amide bonds. The maximum atomic E-state index is 13.7. The molecule has 0 heterocycles. The van der Waals surface area contributed by atoms with Gasteiger partial charge in [0.2, 0.25) is 0 Å². The predicted octanol–water partition coefficient (Wildman–Crippen LogP) is 6.25. The summed E-state index contributed by atoms with van der Waals surface area (Å²) in [5, 5.41) is 0. The van der Waals surface area contributed by atoms with Crippen LogP contribution >= 0.6 is 0 Å². The molecule has 0 saturated heterocycles. The van der Waals surface area contributed by atoms with Crippen molar-refractivity contribution in [3.63, 3.8) is 0 Å². The first-order chi connectivity index (χ1) is 18.4. The van der Waals surface area contributed by atoms with Gasteiger partial charge in [-0.2, -0.15) is 0 Å². The molecule has 2 atom stereocenters. The number of carbonyl (C=O) groups is 2. The number of ether oxygens (including phenoxy) is 2. The summed E-state index contributed by atoms with van der Waals surface area (Å²) in [5.41, 5.74) is 1.40. The van der Waals surface area contributed by atoms with Gasteiger partial charge in [-0.25, -0.2) is 0 Å². The minimum absolute atomic E-state index is 0.134. The number of ketones is 2. The van der Waals surface area contributed by atoms with E-state index in [4.69, 9.17) is 9.47 Å². The summed E-state index contributed by atoms with van der Waals surface area (Å²) in [4.78, 5) is 32.0. The summed E-state index contributed by atoms with van der Waals surface area (Å²) in [7, 11) is 0. The average Bonchev–Trinajstić information content (AvgIpc) is 2.95. The largest absolute Gasteiger partial charge is 0.494 e. The Morgan fingerprint density at radius 3 is 1.16 bits per heavy atom. The van der Waals surface area contributed by atoms with Gasteiger partial charge in [0.05, 0.1) is 13.2 Å². The van der Waals surface area contributed by atoms with E-state index < -0.39 is 0 Å². The smallest absolute Gasteiger partial charge is 0.167 e. The van der Waals surface area contributed by atoms with Crippen LogP contribution in [-0.4, -0.2) is 73.8 Å². The van der Waals surface area contributed by atoms with E-state index in [-0.39, 0.29) is 23.4 Å². The van der Waals surface area contributed by atoms with Gasteiger partial charge in [0.15, 0.2) is 11.6 Å². The Kier molecular flexibility index (Phi) is 14.1. The lowest BCUT2D eigenvalue weighted by Gasteiger charge is -2.28. The fourth-order valence-corrected chi connectivity index (χ4v) is 4.84. The van der Waals surface area contributed by atoms with Crippen LogP contribution in [0, 0.1) is 11.8 Å². The third-order valence-electron chi connectivity index (χ3n) is 7.25. The first-order valence-corrected chi connectivity index (χ1v) is 14.4. The number of carbonyl (C=O) groups excluding carboxylic acids is 2. The van der Waals surface area contributed by atoms with Crippen molar-refractivity contribution in [3.8, 4) is 11.5 Å². The van der Waals surface area contributed by atoms with Gasteiger partial charge in [-0.15, -0.1) is 0 Å². The van der Waals surface area contributed by atoms with Crippen molar-refractivity contribution in [2.75, 3.05) is 52.5 Å². The summed E-state index contributed by atoms with van der Waals surface area (Å²) < 4.78 is 11.1. The van der Waals surface area contributed by atoms with Crippen LogP contribution in [-0.2, 0) is 0 Å². The molecule has 0 fully saturated rings. The summed E-state index contributed by atoms with van der Waals surface area (Å²) >= 11 is 0. The van der Waals surface area contributed by atoms with Crippen LogP contribution in [0.15, 0.2) is 48.5 Å². The van der Waals surface area contributed by atoms with E-state index in [0.717, 1.165) is 37.7 Å². The van der Waals surface area contributed by atoms with E-state index in [1.807, 2.05) is 62.4 Å². The zero-order valence-corrected chi connectivity index (χ0v) is 24.4. The lowest BCUT2D eigenvalue weighted by atomic mass is 9.86. The molecule has 0 unspecified atom stereocenters. The second-order valence-corrected chi connectivity index (χ2v) is 9.59. The minimum Gasteiger partial charge on any atom is -0.494 e. The highest BCUT2D eigenvalue weighted by Crippen LogP contribution is 2.25. The Bertz CT molecular complexity index is 871. The average molecular weight is 525 g/mol. The van der Waals surface area contributed by atoms with Crippen LogP contribution < -0.4 is 9.47 Å². The second kappa shape index (κ2) is 17.0. The van der Waals surface area contributed by atoms with Gasteiger partial charge in [-0.1, -0.05) is 27.7 Å². The molecule has 0 aliphatic heterocycles. The molecule has 0 aliphatic carbocycles. The fourth-order valence-electron chi connectivity index (χ4n) is 4.84. The molecule has 0 aliphatic rings. The normalized spacial score (nSPS) is 12.9. The number of rotatable bonds is 19. The van der Waals surface area contributed by atoms with Crippen LogP contribution in [0.1, 0.15) is 75.1 Å². The lowest BCUT2D eigenvalue weighted by molar-refractivity contribution is 0.0815. The molecule has 38 heavy (non-hydrogen) atoms. The molecule has 6 nitrogen and oxygen atoms in total. The SMILES string of the molecule is CCOc1ccc(C(=O)[C@H](CC[C@H](CN(CC)CC)C(=O)c2ccc(OCC)cc2)CN(CC)CC)cc1. The molecule has 0 saturated carbocycles. The first-order valence-electron chi connectivity index (χ1n) is 14.4. The Morgan fingerprint density at radius 2 is 0.895 bits per heavy atom. The van der Waals surface area contributed by atoms with Crippen molar-refractivity contribution in [2.45, 2.75) is 54.4 Å². The van der Waals surface area contributed by atoms with E-state index in [0.29, 0.717) is 50.3 Å². The van der Waals surface area contributed by atoms with Crippen LogP contribution in [0.5, 0.6) is 11.5 Å². The quantitative estimate of drug-likeness (QED) is 0.203. The van der Waals surface area contributed by atoms with Gasteiger partial charge in [0.1, 0.15) is 11.5 Å². The van der Waals surface area contributed by atoms with E-state index >= 15 is 0 Å². The van der Waals surface area contributed by atoms with Crippen molar-refractivity contribution in [1.29, 1.82) is 0 Å². The van der Waals surface area contributed by atoms with Gasteiger partial charge >= 0.3 is 0 Å². The number of hydrogen-bond acceptors (Lipinski definition) is 6. The van der Waals surface area contributed by atoms with Crippen LogP contribution in [0.2, 0.25) is 0 Å². The molecule has 2 aromatic carbocycles. The molecule has 2 aromatic rings. The minimum atomic E-state index is -0.180.